The van der Waals surface area contributed by atoms with Crippen LogP contribution in [0.5, 0.6) is 0 Å². The number of hydrogen-bond acceptors (Lipinski definition) is 5. The summed E-state index contributed by atoms with van der Waals surface area (Å²) in [6, 6.07) is 3.19. The van der Waals surface area contributed by atoms with Crippen LogP contribution in [0.2, 0.25) is 0 Å². The van der Waals surface area contributed by atoms with Gasteiger partial charge in [-0.25, -0.2) is 8.42 Å². The number of hydrogen-bond donors (Lipinski definition) is 2. The number of H-pyrrole nitrogens is 1. The van der Waals surface area contributed by atoms with Gasteiger partial charge in [-0.3, -0.25) is 9.89 Å². The Morgan fingerprint density at radius 3 is 2.55 bits per heavy atom. The van der Waals surface area contributed by atoms with Crippen molar-refractivity contribution in [3.63, 3.8) is 0 Å². The SMILES string of the molecule is Cc1cc(C(=O)NCc2n[nH]c(=S)n2C)cc(S(=O)(=O)N2CCC(C)CC2)c1C. The molecule has 1 aliphatic heterocycles. The lowest BCUT2D eigenvalue weighted by atomic mass is 10.0. The predicted molar refractivity (Wildman–Crippen MR) is 113 cm³/mol. The predicted octanol–water partition coefficient (Wildman–Crippen LogP) is 2.45. The van der Waals surface area contributed by atoms with Gasteiger partial charge in [0.1, 0.15) is 0 Å². The first-order chi connectivity index (χ1) is 13.6. The van der Waals surface area contributed by atoms with E-state index in [0.717, 1.165) is 18.4 Å². The molecule has 8 nitrogen and oxygen atoms in total. The second-order valence-corrected chi connectivity index (χ2v) is 9.98. The molecule has 0 bridgehead atoms. The molecular weight excluding hydrogens is 410 g/mol. The van der Waals surface area contributed by atoms with Gasteiger partial charge in [-0.1, -0.05) is 6.92 Å². The number of carbonyl (C=O) groups is 1. The van der Waals surface area contributed by atoms with Gasteiger partial charge in [-0.15, -0.1) is 0 Å². The van der Waals surface area contributed by atoms with E-state index in [1.807, 2.05) is 6.92 Å². The van der Waals surface area contributed by atoms with Gasteiger partial charge < -0.3 is 9.88 Å². The fraction of sp³-hybridized carbons (Fsp3) is 0.526. The Hall–Kier alpha value is -2.04. The van der Waals surface area contributed by atoms with E-state index in [-0.39, 0.29) is 17.3 Å². The number of aryl methyl sites for hydroxylation is 1. The summed E-state index contributed by atoms with van der Waals surface area (Å²) in [4.78, 5) is 12.9. The minimum atomic E-state index is -3.65. The van der Waals surface area contributed by atoms with Crippen LogP contribution in [0.15, 0.2) is 17.0 Å². The van der Waals surface area contributed by atoms with Crippen molar-refractivity contribution < 1.29 is 13.2 Å². The first kappa shape index (κ1) is 21.7. The summed E-state index contributed by atoms with van der Waals surface area (Å²) in [7, 11) is -1.89. The van der Waals surface area contributed by atoms with E-state index in [9.17, 15) is 13.2 Å². The molecule has 2 aromatic rings. The van der Waals surface area contributed by atoms with Gasteiger partial charge in [0.2, 0.25) is 10.0 Å². The highest BCUT2D eigenvalue weighted by molar-refractivity contribution is 7.89. The van der Waals surface area contributed by atoms with Crippen molar-refractivity contribution >= 4 is 28.1 Å². The highest BCUT2D eigenvalue weighted by Crippen LogP contribution is 2.28. The van der Waals surface area contributed by atoms with Crippen molar-refractivity contribution in [2.75, 3.05) is 13.1 Å². The first-order valence-electron chi connectivity index (χ1n) is 9.61. The maximum absolute atomic E-state index is 13.2. The van der Waals surface area contributed by atoms with E-state index in [1.165, 1.54) is 10.4 Å². The van der Waals surface area contributed by atoms with Crippen molar-refractivity contribution in [2.45, 2.75) is 45.1 Å². The summed E-state index contributed by atoms with van der Waals surface area (Å²) in [6.45, 7) is 6.95. The Morgan fingerprint density at radius 2 is 1.97 bits per heavy atom. The van der Waals surface area contributed by atoms with E-state index in [0.29, 0.717) is 40.7 Å². The number of carbonyl (C=O) groups excluding carboxylic acids is 1. The molecule has 1 aromatic heterocycles. The zero-order chi connectivity index (χ0) is 21.3. The monoisotopic (exact) mass is 437 g/mol. The third-order valence-electron chi connectivity index (χ3n) is 5.62. The van der Waals surface area contributed by atoms with Crippen LogP contribution < -0.4 is 5.32 Å². The van der Waals surface area contributed by atoms with Crippen LogP contribution in [0.4, 0.5) is 0 Å². The average molecular weight is 438 g/mol. The first-order valence-corrected chi connectivity index (χ1v) is 11.5. The molecule has 1 aromatic carbocycles. The van der Waals surface area contributed by atoms with Crippen molar-refractivity contribution in [3.05, 3.63) is 39.4 Å². The van der Waals surface area contributed by atoms with Gasteiger partial charge in [0.15, 0.2) is 10.6 Å². The summed E-state index contributed by atoms with van der Waals surface area (Å²) < 4.78 is 30.1. The molecule has 2 heterocycles. The molecule has 0 aliphatic carbocycles. The normalized spacial score (nSPS) is 16.1. The minimum absolute atomic E-state index is 0.182. The van der Waals surface area contributed by atoms with Gasteiger partial charge >= 0.3 is 0 Å². The van der Waals surface area contributed by atoms with Crippen LogP contribution in [0.3, 0.4) is 0 Å². The lowest BCUT2D eigenvalue weighted by molar-refractivity contribution is 0.0949. The molecule has 0 atom stereocenters. The maximum atomic E-state index is 13.2. The Morgan fingerprint density at radius 1 is 1.31 bits per heavy atom. The van der Waals surface area contributed by atoms with Crippen molar-refractivity contribution in [2.24, 2.45) is 13.0 Å². The average Bonchev–Trinajstić information content (AvgIpc) is 3.00. The van der Waals surface area contributed by atoms with Crippen molar-refractivity contribution in [1.82, 2.24) is 24.4 Å². The third-order valence-corrected chi connectivity index (χ3v) is 8.01. The summed E-state index contributed by atoms with van der Waals surface area (Å²) in [5.74, 6) is 0.758. The summed E-state index contributed by atoms with van der Waals surface area (Å²) in [6.07, 6.45) is 1.70. The molecule has 2 N–H and O–H groups in total. The van der Waals surface area contributed by atoms with E-state index in [1.54, 1.807) is 24.6 Å². The Balaban J connectivity index is 1.86. The number of aromatic amines is 1. The number of piperidine rings is 1. The van der Waals surface area contributed by atoms with E-state index < -0.39 is 10.0 Å². The van der Waals surface area contributed by atoms with Crippen molar-refractivity contribution in [3.8, 4) is 0 Å². The molecule has 1 saturated heterocycles. The summed E-state index contributed by atoms with van der Waals surface area (Å²) in [5, 5.41) is 9.51. The molecule has 1 aliphatic rings. The maximum Gasteiger partial charge on any atom is 0.251 e. The molecule has 3 rings (SSSR count). The number of amides is 1. The Kier molecular flexibility index (Phi) is 6.25. The molecule has 0 radical (unpaired) electrons. The zero-order valence-electron chi connectivity index (χ0n) is 17.2. The molecular formula is C19H27N5O3S2. The number of rotatable bonds is 5. The molecule has 10 heteroatoms. The van der Waals surface area contributed by atoms with Crippen LogP contribution in [-0.2, 0) is 23.6 Å². The Bertz CT molecular complexity index is 1080. The number of benzene rings is 1. The van der Waals surface area contributed by atoms with Crippen LogP contribution in [0, 0.1) is 24.5 Å². The van der Waals surface area contributed by atoms with Crippen LogP contribution in [0.25, 0.3) is 0 Å². The molecule has 0 unspecified atom stereocenters. The standard InChI is InChI=1S/C19H27N5O3S2/c1-12-5-7-24(8-6-12)29(26,27)16-10-15(9-13(2)14(16)3)18(25)20-11-17-21-22-19(28)23(17)4/h9-10,12H,5-8,11H2,1-4H3,(H,20,25)(H,22,28). The number of sulfonamides is 1. The van der Waals surface area contributed by atoms with Crippen LogP contribution in [0.1, 0.15) is 47.1 Å². The van der Waals surface area contributed by atoms with Gasteiger partial charge in [-0.05, 0) is 68.1 Å². The van der Waals surface area contributed by atoms with Gasteiger partial charge in [0, 0.05) is 25.7 Å². The fourth-order valence-corrected chi connectivity index (χ4v) is 5.33. The van der Waals surface area contributed by atoms with E-state index in [4.69, 9.17) is 12.2 Å². The summed E-state index contributed by atoms with van der Waals surface area (Å²) in [5.41, 5.74) is 1.75. The fourth-order valence-electron chi connectivity index (χ4n) is 3.39. The highest BCUT2D eigenvalue weighted by atomic mass is 32.2. The molecule has 158 valence electrons. The molecule has 0 spiro atoms. The zero-order valence-corrected chi connectivity index (χ0v) is 18.8. The lowest BCUT2D eigenvalue weighted by Gasteiger charge is -2.30. The minimum Gasteiger partial charge on any atom is -0.345 e. The second kappa shape index (κ2) is 8.37. The number of nitrogens with zero attached hydrogens (tertiary/aromatic N) is 3. The second-order valence-electron chi connectivity index (χ2n) is 7.69. The number of aromatic nitrogens is 3. The van der Waals surface area contributed by atoms with Crippen molar-refractivity contribution in [1.29, 1.82) is 0 Å². The third kappa shape index (κ3) is 4.44. The number of nitrogens with one attached hydrogen (secondary N) is 2. The van der Waals surface area contributed by atoms with E-state index >= 15 is 0 Å². The smallest absolute Gasteiger partial charge is 0.251 e. The van der Waals surface area contributed by atoms with E-state index in [2.05, 4.69) is 22.4 Å². The van der Waals surface area contributed by atoms with Crippen LogP contribution >= 0.6 is 12.2 Å². The van der Waals surface area contributed by atoms with Crippen LogP contribution in [-0.4, -0.2) is 46.5 Å². The Labute approximate surface area is 176 Å². The largest absolute Gasteiger partial charge is 0.345 e. The topological polar surface area (TPSA) is 100 Å². The highest BCUT2D eigenvalue weighted by Gasteiger charge is 2.30. The quantitative estimate of drug-likeness (QED) is 0.700. The molecule has 0 saturated carbocycles. The van der Waals surface area contributed by atoms with Gasteiger partial charge in [-0.2, -0.15) is 9.40 Å². The molecule has 1 amide bonds. The molecule has 29 heavy (non-hydrogen) atoms. The van der Waals surface area contributed by atoms with Gasteiger partial charge in [0.05, 0.1) is 11.4 Å². The molecule has 1 fully saturated rings. The van der Waals surface area contributed by atoms with Gasteiger partial charge in [0.25, 0.3) is 5.91 Å². The lowest BCUT2D eigenvalue weighted by Crippen LogP contribution is -2.38. The summed E-state index contributed by atoms with van der Waals surface area (Å²) >= 11 is 5.07.